The quantitative estimate of drug-likeness (QED) is 0.667. The lowest BCUT2D eigenvalue weighted by Crippen LogP contribution is -2.47. The lowest BCUT2D eigenvalue weighted by molar-refractivity contribution is -0.384. The SMILES string of the molecule is C[C@H](Nc1ccc2cc([N+](=O)[O-])ccc2n1)C(=O)NC(C)(C)C. The van der Waals surface area contributed by atoms with Crippen molar-refractivity contribution in [2.75, 3.05) is 5.32 Å². The highest BCUT2D eigenvalue weighted by molar-refractivity contribution is 5.86. The van der Waals surface area contributed by atoms with Crippen LogP contribution in [-0.4, -0.2) is 27.4 Å². The standard InChI is InChI=1S/C16H20N4O3/c1-10(15(21)19-16(2,3)4)17-14-8-5-11-9-12(20(22)23)6-7-13(11)18-14/h5-10H,1-4H3,(H,17,18)(H,19,21)/t10-/m0/s1. The van der Waals surface area contributed by atoms with Gasteiger partial charge in [0.05, 0.1) is 10.4 Å². The van der Waals surface area contributed by atoms with E-state index in [1.807, 2.05) is 20.8 Å². The topological polar surface area (TPSA) is 97.2 Å². The number of rotatable bonds is 4. The Morgan fingerprint density at radius 1 is 1.26 bits per heavy atom. The number of carbonyl (C=O) groups excluding carboxylic acids is 1. The van der Waals surface area contributed by atoms with Gasteiger partial charge in [0.15, 0.2) is 0 Å². The van der Waals surface area contributed by atoms with Crippen molar-refractivity contribution in [3.8, 4) is 0 Å². The largest absolute Gasteiger partial charge is 0.359 e. The van der Waals surface area contributed by atoms with Crippen LogP contribution in [-0.2, 0) is 4.79 Å². The molecule has 0 aliphatic heterocycles. The van der Waals surface area contributed by atoms with E-state index in [1.54, 1.807) is 25.1 Å². The summed E-state index contributed by atoms with van der Waals surface area (Å²) in [6, 6.07) is 7.48. The number of carbonyl (C=O) groups is 1. The van der Waals surface area contributed by atoms with Crippen LogP contribution in [0.1, 0.15) is 27.7 Å². The number of nitro benzene ring substituents is 1. The third-order valence-corrected chi connectivity index (χ3v) is 3.14. The molecule has 0 saturated carbocycles. The maximum absolute atomic E-state index is 12.1. The van der Waals surface area contributed by atoms with Gasteiger partial charge in [0.25, 0.3) is 5.69 Å². The second kappa shape index (κ2) is 6.20. The van der Waals surface area contributed by atoms with Crippen LogP contribution >= 0.6 is 0 Å². The Morgan fingerprint density at radius 2 is 1.96 bits per heavy atom. The Balaban J connectivity index is 2.16. The molecule has 1 aromatic carbocycles. The Kier molecular flexibility index (Phi) is 4.49. The van der Waals surface area contributed by atoms with Gasteiger partial charge in [-0.25, -0.2) is 4.98 Å². The highest BCUT2D eigenvalue weighted by Crippen LogP contribution is 2.21. The fourth-order valence-electron chi connectivity index (χ4n) is 2.07. The molecule has 1 atom stereocenters. The zero-order chi connectivity index (χ0) is 17.2. The first kappa shape index (κ1) is 16.7. The van der Waals surface area contributed by atoms with Gasteiger partial charge >= 0.3 is 0 Å². The monoisotopic (exact) mass is 316 g/mol. The zero-order valence-electron chi connectivity index (χ0n) is 13.6. The molecule has 0 aliphatic rings. The van der Waals surface area contributed by atoms with Crippen LogP contribution < -0.4 is 10.6 Å². The van der Waals surface area contributed by atoms with Crippen molar-refractivity contribution in [2.24, 2.45) is 0 Å². The number of amides is 1. The van der Waals surface area contributed by atoms with Gasteiger partial charge in [-0.2, -0.15) is 0 Å². The van der Waals surface area contributed by atoms with Crippen LogP contribution in [0, 0.1) is 10.1 Å². The lowest BCUT2D eigenvalue weighted by atomic mass is 10.1. The average molecular weight is 316 g/mol. The van der Waals surface area contributed by atoms with E-state index in [2.05, 4.69) is 15.6 Å². The summed E-state index contributed by atoms with van der Waals surface area (Å²) >= 11 is 0. The van der Waals surface area contributed by atoms with E-state index in [9.17, 15) is 14.9 Å². The number of aromatic nitrogens is 1. The Morgan fingerprint density at radius 3 is 2.57 bits per heavy atom. The molecule has 2 N–H and O–H groups in total. The molecular weight excluding hydrogens is 296 g/mol. The highest BCUT2D eigenvalue weighted by atomic mass is 16.6. The molecule has 0 spiro atoms. The molecule has 2 aromatic rings. The van der Waals surface area contributed by atoms with Crippen LogP contribution in [0.5, 0.6) is 0 Å². The molecule has 1 amide bonds. The third-order valence-electron chi connectivity index (χ3n) is 3.14. The van der Waals surface area contributed by atoms with Gasteiger partial charge in [-0.05, 0) is 45.9 Å². The van der Waals surface area contributed by atoms with Crippen molar-refractivity contribution in [3.63, 3.8) is 0 Å². The fourth-order valence-corrected chi connectivity index (χ4v) is 2.07. The van der Waals surface area contributed by atoms with Crippen LogP contribution in [0.4, 0.5) is 11.5 Å². The number of pyridine rings is 1. The van der Waals surface area contributed by atoms with E-state index in [0.717, 1.165) is 0 Å². The molecule has 1 aromatic heterocycles. The summed E-state index contributed by atoms with van der Waals surface area (Å²) in [5.41, 5.74) is 0.352. The normalized spacial score (nSPS) is 12.7. The molecule has 0 unspecified atom stereocenters. The molecule has 0 saturated heterocycles. The number of nitrogens with one attached hydrogen (secondary N) is 2. The van der Waals surface area contributed by atoms with Crippen molar-refractivity contribution < 1.29 is 9.72 Å². The first-order chi connectivity index (χ1) is 10.7. The van der Waals surface area contributed by atoms with Gasteiger partial charge in [-0.15, -0.1) is 0 Å². The molecule has 2 rings (SSSR count). The zero-order valence-corrected chi connectivity index (χ0v) is 13.6. The van der Waals surface area contributed by atoms with Gasteiger partial charge < -0.3 is 10.6 Å². The number of anilines is 1. The van der Waals surface area contributed by atoms with Crippen molar-refractivity contribution in [2.45, 2.75) is 39.3 Å². The van der Waals surface area contributed by atoms with Crippen LogP contribution in [0.3, 0.4) is 0 Å². The summed E-state index contributed by atoms with van der Waals surface area (Å²) in [6.45, 7) is 7.50. The maximum Gasteiger partial charge on any atom is 0.270 e. The minimum absolute atomic E-state index is 0.0259. The predicted octanol–water partition coefficient (Wildman–Crippen LogP) is 2.86. The van der Waals surface area contributed by atoms with E-state index in [-0.39, 0.29) is 17.1 Å². The summed E-state index contributed by atoms with van der Waals surface area (Å²) in [4.78, 5) is 26.8. The number of fused-ring (bicyclic) bond motifs is 1. The molecule has 23 heavy (non-hydrogen) atoms. The number of non-ortho nitro benzene ring substituents is 1. The van der Waals surface area contributed by atoms with Gasteiger partial charge in [-0.1, -0.05) is 0 Å². The molecule has 0 radical (unpaired) electrons. The summed E-state index contributed by atoms with van der Waals surface area (Å²) in [6.07, 6.45) is 0. The highest BCUT2D eigenvalue weighted by Gasteiger charge is 2.19. The smallest absolute Gasteiger partial charge is 0.270 e. The predicted molar refractivity (Wildman–Crippen MR) is 89.4 cm³/mol. The van der Waals surface area contributed by atoms with E-state index in [0.29, 0.717) is 16.7 Å². The fraction of sp³-hybridized carbons (Fsp3) is 0.375. The number of hydrogen-bond donors (Lipinski definition) is 2. The van der Waals surface area contributed by atoms with Gasteiger partial charge in [0.1, 0.15) is 11.9 Å². The van der Waals surface area contributed by atoms with Gasteiger partial charge in [-0.3, -0.25) is 14.9 Å². The first-order valence-electron chi connectivity index (χ1n) is 7.29. The van der Waals surface area contributed by atoms with E-state index in [4.69, 9.17) is 0 Å². The van der Waals surface area contributed by atoms with Crippen LogP contribution in [0.15, 0.2) is 30.3 Å². The first-order valence-corrected chi connectivity index (χ1v) is 7.29. The van der Waals surface area contributed by atoms with Gasteiger partial charge in [0.2, 0.25) is 5.91 Å². The number of nitro groups is 1. The number of hydrogen-bond acceptors (Lipinski definition) is 5. The molecule has 1 heterocycles. The van der Waals surface area contributed by atoms with E-state index < -0.39 is 11.0 Å². The minimum atomic E-state index is -0.447. The van der Waals surface area contributed by atoms with Crippen molar-refractivity contribution in [3.05, 3.63) is 40.4 Å². The Labute approximate surface area is 134 Å². The van der Waals surface area contributed by atoms with Crippen molar-refractivity contribution in [1.29, 1.82) is 0 Å². The Bertz CT molecular complexity index is 753. The maximum atomic E-state index is 12.1. The summed E-state index contributed by atoms with van der Waals surface area (Å²) in [7, 11) is 0. The number of benzene rings is 1. The number of nitrogens with zero attached hydrogens (tertiary/aromatic N) is 2. The lowest BCUT2D eigenvalue weighted by Gasteiger charge is -2.24. The second-order valence-corrected chi connectivity index (χ2v) is 6.44. The van der Waals surface area contributed by atoms with E-state index >= 15 is 0 Å². The van der Waals surface area contributed by atoms with Crippen molar-refractivity contribution in [1.82, 2.24) is 10.3 Å². The molecule has 7 nitrogen and oxygen atoms in total. The summed E-state index contributed by atoms with van der Waals surface area (Å²) in [5, 5.41) is 17.4. The van der Waals surface area contributed by atoms with Gasteiger partial charge in [0, 0.05) is 23.1 Å². The molecule has 0 fully saturated rings. The second-order valence-electron chi connectivity index (χ2n) is 6.44. The molecule has 7 heteroatoms. The third kappa shape index (κ3) is 4.38. The van der Waals surface area contributed by atoms with E-state index in [1.165, 1.54) is 12.1 Å². The Hall–Kier alpha value is -2.70. The van der Waals surface area contributed by atoms with Crippen molar-refractivity contribution >= 4 is 28.3 Å². The summed E-state index contributed by atoms with van der Waals surface area (Å²) in [5.74, 6) is 0.422. The minimum Gasteiger partial charge on any atom is -0.359 e. The van der Waals surface area contributed by atoms with Crippen LogP contribution in [0.2, 0.25) is 0 Å². The molecular formula is C16H20N4O3. The molecule has 122 valence electrons. The molecule has 0 aliphatic carbocycles. The van der Waals surface area contributed by atoms with Crippen LogP contribution in [0.25, 0.3) is 10.9 Å². The summed E-state index contributed by atoms with van der Waals surface area (Å²) < 4.78 is 0. The molecule has 0 bridgehead atoms. The average Bonchev–Trinajstić information content (AvgIpc) is 2.44.